The Bertz CT molecular complexity index is 615. The van der Waals surface area contributed by atoms with E-state index in [9.17, 15) is 4.79 Å². The number of fused-ring (bicyclic) bond motifs is 1. The molecule has 6 nitrogen and oxygen atoms in total. The summed E-state index contributed by atoms with van der Waals surface area (Å²) in [5.41, 5.74) is 0. The van der Waals surface area contributed by atoms with Crippen LogP contribution in [0.3, 0.4) is 0 Å². The van der Waals surface area contributed by atoms with E-state index < -0.39 is 6.10 Å². The van der Waals surface area contributed by atoms with Crippen molar-refractivity contribution in [3.05, 3.63) is 29.8 Å². The van der Waals surface area contributed by atoms with E-state index in [1.54, 1.807) is 36.7 Å². The number of carbonyl (C=O) groups excluding carboxylic acids is 1. The van der Waals surface area contributed by atoms with Crippen LogP contribution in [-0.4, -0.2) is 23.8 Å². The maximum absolute atomic E-state index is 11.9. The van der Waals surface area contributed by atoms with Gasteiger partial charge in [0.1, 0.15) is 5.75 Å². The predicted octanol–water partition coefficient (Wildman–Crippen LogP) is 2.28. The molecule has 0 spiro atoms. The molecule has 1 unspecified atom stereocenters. The maximum atomic E-state index is 11.9. The molecule has 2 heterocycles. The number of aromatic nitrogens is 1. The van der Waals surface area contributed by atoms with Gasteiger partial charge in [0, 0.05) is 17.6 Å². The zero-order chi connectivity index (χ0) is 13.9. The van der Waals surface area contributed by atoms with Crippen molar-refractivity contribution >= 4 is 22.4 Å². The van der Waals surface area contributed by atoms with Gasteiger partial charge in [-0.05, 0) is 19.1 Å². The predicted molar refractivity (Wildman–Crippen MR) is 73.4 cm³/mol. The molecule has 1 atom stereocenters. The fourth-order valence-corrected chi connectivity index (χ4v) is 2.23. The number of hydrogen-bond acceptors (Lipinski definition) is 6. The Morgan fingerprint density at radius 3 is 3.10 bits per heavy atom. The highest BCUT2D eigenvalue weighted by Gasteiger charge is 2.18. The second kappa shape index (κ2) is 5.38. The molecule has 20 heavy (non-hydrogen) atoms. The Morgan fingerprint density at radius 2 is 2.30 bits per heavy atom. The molecule has 0 bridgehead atoms. The van der Waals surface area contributed by atoms with Gasteiger partial charge in [-0.15, -0.1) is 11.3 Å². The zero-order valence-electron chi connectivity index (χ0n) is 10.7. The van der Waals surface area contributed by atoms with Crippen LogP contribution in [0.25, 0.3) is 0 Å². The summed E-state index contributed by atoms with van der Waals surface area (Å²) in [4.78, 5) is 15.9. The van der Waals surface area contributed by atoms with Crippen molar-refractivity contribution in [2.75, 3.05) is 12.1 Å². The van der Waals surface area contributed by atoms with Crippen LogP contribution in [-0.2, 0) is 4.79 Å². The fraction of sp³-hybridized carbons (Fsp3) is 0.231. The summed E-state index contributed by atoms with van der Waals surface area (Å²) >= 11 is 1.36. The molecule has 0 fully saturated rings. The van der Waals surface area contributed by atoms with Crippen molar-refractivity contribution in [3.63, 3.8) is 0 Å². The van der Waals surface area contributed by atoms with Crippen molar-refractivity contribution in [1.29, 1.82) is 0 Å². The Kier molecular flexibility index (Phi) is 3.42. The number of amides is 1. The first-order valence-electron chi connectivity index (χ1n) is 5.99. The van der Waals surface area contributed by atoms with Crippen LogP contribution in [0.2, 0.25) is 0 Å². The van der Waals surface area contributed by atoms with E-state index in [0.29, 0.717) is 22.4 Å². The normalized spacial score (nSPS) is 13.8. The maximum Gasteiger partial charge on any atom is 0.266 e. The number of ether oxygens (including phenoxy) is 3. The number of anilines is 1. The molecule has 1 aliphatic rings. The van der Waals surface area contributed by atoms with Crippen LogP contribution in [0.5, 0.6) is 17.2 Å². The molecule has 1 aromatic carbocycles. The van der Waals surface area contributed by atoms with E-state index in [0.717, 1.165) is 0 Å². The number of nitrogens with zero attached hydrogens (tertiary/aromatic N) is 1. The van der Waals surface area contributed by atoms with Crippen molar-refractivity contribution in [3.8, 4) is 17.2 Å². The smallest absolute Gasteiger partial charge is 0.266 e. The average molecular weight is 292 g/mol. The van der Waals surface area contributed by atoms with Gasteiger partial charge in [0.05, 0.1) is 0 Å². The molecular formula is C13H12N2O4S. The van der Waals surface area contributed by atoms with Gasteiger partial charge in [-0.2, -0.15) is 0 Å². The summed E-state index contributed by atoms with van der Waals surface area (Å²) in [6.07, 6.45) is 0.989. The van der Waals surface area contributed by atoms with Gasteiger partial charge in [0.15, 0.2) is 22.7 Å². The molecule has 0 aliphatic carbocycles. The van der Waals surface area contributed by atoms with Crippen molar-refractivity contribution in [2.45, 2.75) is 13.0 Å². The van der Waals surface area contributed by atoms with Crippen molar-refractivity contribution in [1.82, 2.24) is 4.98 Å². The van der Waals surface area contributed by atoms with E-state index in [1.807, 2.05) is 0 Å². The first kappa shape index (κ1) is 12.7. The fourth-order valence-electron chi connectivity index (χ4n) is 1.70. The van der Waals surface area contributed by atoms with Gasteiger partial charge in [-0.25, -0.2) is 4.98 Å². The van der Waals surface area contributed by atoms with E-state index >= 15 is 0 Å². The SMILES string of the molecule is CC(Oc1ccc2c(c1)OCO2)C(=O)Nc1nccs1. The molecule has 1 aliphatic heterocycles. The molecule has 1 aromatic heterocycles. The third-order valence-corrected chi connectivity index (χ3v) is 3.38. The third kappa shape index (κ3) is 2.67. The minimum absolute atomic E-state index is 0.207. The third-order valence-electron chi connectivity index (χ3n) is 2.69. The van der Waals surface area contributed by atoms with Crippen LogP contribution >= 0.6 is 11.3 Å². The molecule has 3 rings (SSSR count). The Balaban J connectivity index is 1.63. The van der Waals surface area contributed by atoms with E-state index in [1.165, 1.54) is 11.3 Å². The van der Waals surface area contributed by atoms with Gasteiger partial charge >= 0.3 is 0 Å². The number of nitrogens with one attached hydrogen (secondary N) is 1. The lowest BCUT2D eigenvalue weighted by Crippen LogP contribution is -2.30. The second-order valence-electron chi connectivity index (χ2n) is 4.10. The summed E-state index contributed by atoms with van der Waals surface area (Å²) in [6, 6.07) is 5.19. The second-order valence-corrected chi connectivity index (χ2v) is 5.00. The summed E-state index contributed by atoms with van der Waals surface area (Å²) in [5.74, 6) is 1.60. The van der Waals surface area contributed by atoms with Crippen molar-refractivity contribution in [2.24, 2.45) is 0 Å². The zero-order valence-corrected chi connectivity index (χ0v) is 11.5. The van der Waals surface area contributed by atoms with Gasteiger partial charge in [-0.1, -0.05) is 0 Å². The molecule has 1 N–H and O–H groups in total. The van der Waals surface area contributed by atoms with E-state index in [2.05, 4.69) is 10.3 Å². The number of carbonyl (C=O) groups is 1. The van der Waals surface area contributed by atoms with Gasteiger partial charge in [-0.3, -0.25) is 10.1 Å². The van der Waals surface area contributed by atoms with Crippen LogP contribution in [0.4, 0.5) is 5.13 Å². The molecule has 0 radical (unpaired) electrons. The lowest BCUT2D eigenvalue weighted by Gasteiger charge is -2.13. The summed E-state index contributed by atoms with van der Waals surface area (Å²) < 4.78 is 16.0. The lowest BCUT2D eigenvalue weighted by atomic mass is 10.3. The van der Waals surface area contributed by atoms with E-state index in [-0.39, 0.29) is 12.7 Å². The minimum Gasteiger partial charge on any atom is -0.481 e. The van der Waals surface area contributed by atoms with Crippen molar-refractivity contribution < 1.29 is 19.0 Å². The van der Waals surface area contributed by atoms with Crippen LogP contribution in [0, 0.1) is 0 Å². The average Bonchev–Trinajstić information content (AvgIpc) is 3.08. The number of hydrogen-bond donors (Lipinski definition) is 1. The van der Waals surface area contributed by atoms with Gasteiger partial charge in [0.2, 0.25) is 6.79 Å². The van der Waals surface area contributed by atoms with Crippen LogP contribution in [0.15, 0.2) is 29.8 Å². The Hall–Kier alpha value is -2.28. The number of benzene rings is 1. The Labute approximate surface area is 119 Å². The standard InChI is InChI=1S/C13H12N2O4S/c1-8(12(16)15-13-14-4-5-20-13)19-9-2-3-10-11(6-9)18-7-17-10/h2-6,8H,7H2,1H3,(H,14,15,16). The topological polar surface area (TPSA) is 69.7 Å². The molecule has 1 amide bonds. The van der Waals surface area contributed by atoms with Crippen LogP contribution in [0.1, 0.15) is 6.92 Å². The molecule has 104 valence electrons. The highest BCUT2D eigenvalue weighted by molar-refractivity contribution is 7.13. The highest BCUT2D eigenvalue weighted by Crippen LogP contribution is 2.35. The Morgan fingerprint density at radius 1 is 1.45 bits per heavy atom. The summed E-state index contributed by atoms with van der Waals surface area (Å²) in [6.45, 7) is 1.88. The summed E-state index contributed by atoms with van der Waals surface area (Å²) in [7, 11) is 0. The number of rotatable bonds is 4. The molecule has 7 heteroatoms. The quantitative estimate of drug-likeness (QED) is 0.936. The van der Waals surface area contributed by atoms with Gasteiger partial charge < -0.3 is 14.2 Å². The summed E-state index contributed by atoms with van der Waals surface area (Å²) in [5, 5.41) is 5.02. The molecule has 0 saturated heterocycles. The largest absolute Gasteiger partial charge is 0.481 e. The molecular weight excluding hydrogens is 280 g/mol. The van der Waals surface area contributed by atoms with Gasteiger partial charge in [0.25, 0.3) is 5.91 Å². The minimum atomic E-state index is -0.640. The highest BCUT2D eigenvalue weighted by atomic mass is 32.1. The first-order valence-corrected chi connectivity index (χ1v) is 6.87. The first-order chi connectivity index (χ1) is 9.72. The van der Waals surface area contributed by atoms with E-state index in [4.69, 9.17) is 14.2 Å². The van der Waals surface area contributed by atoms with Crippen LogP contribution < -0.4 is 19.5 Å². The molecule has 2 aromatic rings. The molecule has 0 saturated carbocycles. The monoisotopic (exact) mass is 292 g/mol. The lowest BCUT2D eigenvalue weighted by molar-refractivity contribution is -0.122. The number of thiazole rings is 1.